The van der Waals surface area contributed by atoms with Crippen LogP contribution in [0.25, 0.3) is 10.8 Å². The van der Waals surface area contributed by atoms with Crippen LogP contribution in [0.4, 0.5) is 5.69 Å². The Morgan fingerprint density at radius 2 is 2.19 bits per heavy atom. The van der Waals surface area contributed by atoms with Gasteiger partial charge in [-0.1, -0.05) is 6.92 Å². The van der Waals surface area contributed by atoms with E-state index in [1.165, 1.54) is 24.0 Å². The van der Waals surface area contributed by atoms with Crippen LogP contribution >= 0.6 is 11.8 Å². The number of nitro groups is 1. The van der Waals surface area contributed by atoms with E-state index in [2.05, 4.69) is 4.98 Å². The van der Waals surface area contributed by atoms with Crippen LogP contribution in [0, 0.1) is 23.0 Å². The fourth-order valence-electron chi connectivity index (χ4n) is 1.87. The van der Waals surface area contributed by atoms with Gasteiger partial charge >= 0.3 is 5.97 Å². The van der Waals surface area contributed by atoms with Gasteiger partial charge in [-0.15, -0.1) is 11.8 Å². The molecule has 7 heteroatoms. The van der Waals surface area contributed by atoms with E-state index < -0.39 is 16.8 Å². The van der Waals surface area contributed by atoms with Crippen molar-refractivity contribution < 1.29 is 14.8 Å². The van der Waals surface area contributed by atoms with Crippen molar-refractivity contribution in [2.24, 2.45) is 5.92 Å². The number of non-ortho nitro benzene ring substituents is 1. The molecular weight excluding hydrogens is 292 g/mol. The number of hydrogen-bond donors (Lipinski definition) is 1. The molecule has 110 valence electrons. The number of hydrogen-bond acceptors (Lipinski definition) is 5. The zero-order chi connectivity index (χ0) is 15.6. The van der Waals surface area contributed by atoms with Crippen molar-refractivity contribution in [2.75, 3.05) is 5.75 Å². The highest BCUT2D eigenvalue weighted by Crippen LogP contribution is 2.34. The van der Waals surface area contributed by atoms with Crippen LogP contribution in [0.3, 0.4) is 0 Å². The molecular formula is C14H14N2O4S. The molecule has 1 N–H and O–H groups in total. The molecule has 1 heterocycles. The summed E-state index contributed by atoms with van der Waals surface area (Å²) in [5.74, 6) is -0.932. The van der Waals surface area contributed by atoms with Crippen molar-refractivity contribution in [3.63, 3.8) is 0 Å². The lowest BCUT2D eigenvalue weighted by Gasteiger charge is -2.09. The smallest absolute Gasteiger partial charge is 0.307 e. The largest absolute Gasteiger partial charge is 0.481 e. The number of carboxylic acids is 1. The van der Waals surface area contributed by atoms with Crippen LogP contribution in [0.15, 0.2) is 29.3 Å². The minimum absolute atomic E-state index is 0.00753. The maximum Gasteiger partial charge on any atom is 0.307 e. The molecule has 21 heavy (non-hydrogen) atoms. The van der Waals surface area contributed by atoms with E-state index in [1.54, 1.807) is 19.1 Å². The third-order valence-electron chi connectivity index (χ3n) is 3.08. The van der Waals surface area contributed by atoms with Gasteiger partial charge < -0.3 is 5.11 Å². The number of aliphatic carboxylic acids is 1. The minimum atomic E-state index is -0.855. The molecule has 0 aliphatic heterocycles. The van der Waals surface area contributed by atoms with Crippen LogP contribution in [0.5, 0.6) is 0 Å². The van der Waals surface area contributed by atoms with Crippen LogP contribution in [0.2, 0.25) is 0 Å². The SMILES string of the molecule is Cc1cc2c(SCC(C)C(=O)O)ccc([N+](=O)[O-])c2cn1. The number of aryl methyl sites for hydroxylation is 1. The highest BCUT2D eigenvalue weighted by molar-refractivity contribution is 7.99. The van der Waals surface area contributed by atoms with Crippen LogP contribution in [0.1, 0.15) is 12.6 Å². The fraction of sp³-hybridized carbons (Fsp3) is 0.286. The van der Waals surface area contributed by atoms with E-state index in [4.69, 9.17) is 5.11 Å². The molecule has 0 aliphatic carbocycles. The summed E-state index contributed by atoms with van der Waals surface area (Å²) in [4.78, 5) is 26.4. The summed E-state index contributed by atoms with van der Waals surface area (Å²) in [6.45, 7) is 3.45. The molecule has 0 spiro atoms. The molecule has 0 radical (unpaired) electrons. The predicted molar refractivity (Wildman–Crippen MR) is 80.7 cm³/mol. The number of thioether (sulfide) groups is 1. The highest BCUT2D eigenvalue weighted by atomic mass is 32.2. The third-order valence-corrected chi connectivity index (χ3v) is 4.42. The second-order valence-electron chi connectivity index (χ2n) is 4.76. The number of nitro benzene ring substituents is 1. The first-order valence-corrected chi connectivity index (χ1v) is 7.28. The fourth-order valence-corrected chi connectivity index (χ4v) is 2.93. The number of carbonyl (C=O) groups is 1. The molecule has 1 atom stereocenters. The van der Waals surface area contributed by atoms with Crippen LogP contribution in [-0.2, 0) is 4.79 Å². The van der Waals surface area contributed by atoms with Gasteiger partial charge in [0.25, 0.3) is 5.69 Å². The standard InChI is InChI=1S/C14H14N2O4S/c1-8(14(17)18)7-21-13-4-3-12(16(19)20)11-6-15-9(2)5-10(11)13/h3-6,8H,7H2,1-2H3,(H,17,18). The monoisotopic (exact) mass is 306 g/mol. The van der Waals surface area contributed by atoms with E-state index in [-0.39, 0.29) is 5.69 Å². The van der Waals surface area contributed by atoms with E-state index in [9.17, 15) is 14.9 Å². The number of rotatable bonds is 5. The molecule has 2 aromatic rings. The molecule has 2 rings (SSSR count). The van der Waals surface area contributed by atoms with Gasteiger partial charge in [0.05, 0.1) is 16.2 Å². The lowest BCUT2D eigenvalue weighted by Crippen LogP contribution is -2.11. The number of pyridine rings is 1. The Morgan fingerprint density at radius 3 is 2.81 bits per heavy atom. The van der Waals surface area contributed by atoms with Gasteiger partial charge in [0.2, 0.25) is 0 Å². The van der Waals surface area contributed by atoms with Gasteiger partial charge in [-0.05, 0) is 19.1 Å². The first-order chi connectivity index (χ1) is 9.90. The second-order valence-corrected chi connectivity index (χ2v) is 5.82. The van der Waals surface area contributed by atoms with Gasteiger partial charge in [-0.2, -0.15) is 0 Å². The molecule has 0 saturated carbocycles. The lowest BCUT2D eigenvalue weighted by molar-refractivity contribution is -0.383. The van der Waals surface area contributed by atoms with Crippen molar-refractivity contribution in [3.05, 3.63) is 40.2 Å². The first-order valence-electron chi connectivity index (χ1n) is 6.29. The Balaban J connectivity index is 2.45. The molecule has 1 aromatic heterocycles. The van der Waals surface area contributed by atoms with Crippen molar-refractivity contribution in [1.82, 2.24) is 4.98 Å². The maximum absolute atomic E-state index is 11.1. The third kappa shape index (κ3) is 3.30. The molecule has 0 saturated heterocycles. The Labute approximate surface area is 125 Å². The molecule has 6 nitrogen and oxygen atoms in total. The molecule has 0 bridgehead atoms. The maximum atomic E-state index is 11.1. The molecule has 0 amide bonds. The Bertz CT molecular complexity index is 717. The average molecular weight is 306 g/mol. The van der Waals surface area contributed by atoms with Crippen molar-refractivity contribution >= 4 is 34.2 Å². The Kier molecular flexibility index (Phi) is 4.42. The first kappa shape index (κ1) is 15.2. The topological polar surface area (TPSA) is 93.3 Å². The lowest BCUT2D eigenvalue weighted by atomic mass is 10.1. The summed E-state index contributed by atoms with van der Waals surface area (Å²) in [6, 6.07) is 4.89. The average Bonchev–Trinajstić information content (AvgIpc) is 2.43. The van der Waals surface area contributed by atoms with Crippen molar-refractivity contribution in [2.45, 2.75) is 18.7 Å². The molecule has 1 aromatic carbocycles. The Morgan fingerprint density at radius 1 is 1.48 bits per heavy atom. The van der Waals surface area contributed by atoms with E-state index >= 15 is 0 Å². The van der Waals surface area contributed by atoms with E-state index in [0.29, 0.717) is 11.1 Å². The number of carboxylic acid groups (broad SMARTS) is 1. The molecule has 0 aliphatic rings. The van der Waals surface area contributed by atoms with Crippen molar-refractivity contribution in [1.29, 1.82) is 0 Å². The summed E-state index contributed by atoms with van der Waals surface area (Å²) in [5, 5.41) is 21.2. The van der Waals surface area contributed by atoms with Gasteiger partial charge in [-0.3, -0.25) is 19.9 Å². The molecule has 1 unspecified atom stereocenters. The number of benzene rings is 1. The quantitative estimate of drug-likeness (QED) is 0.517. The summed E-state index contributed by atoms with van der Waals surface area (Å²) in [5.41, 5.74) is 0.768. The van der Waals surface area contributed by atoms with Gasteiger partial charge in [0.1, 0.15) is 0 Å². The highest BCUT2D eigenvalue weighted by Gasteiger charge is 2.17. The van der Waals surface area contributed by atoms with Gasteiger partial charge in [0, 0.05) is 34.0 Å². The van der Waals surface area contributed by atoms with Crippen LogP contribution < -0.4 is 0 Å². The summed E-state index contributed by atoms with van der Waals surface area (Å²) >= 11 is 1.38. The van der Waals surface area contributed by atoms with Crippen LogP contribution in [-0.4, -0.2) is 26.7 Å². The number of aromatic nitrogens is 1. The second kappa shape index (κ2) is 6.09. The van der Waals surface area contributed by atoms with Gasteiger partial charge in [-0.25, -0.2) is 0 Å². The summed E-state index contributed by atoms with van der Waals surface area (Å²) < 4.78 is 0. The normalized spacial score (nSPS) is 12.3. The summed E-state index contributed by atoms with van der Waals surface area (Å²) in [6.07, 6.45) is 1.49. The van der Waals surface area contributed by atoms with Crippen molar-refractivity contribution in [3.8, 4) is 0 Å². The zero-order valence-electron chi connectivity index (χ0n) is 11.6. The van der Waals surface area contributed by atoms with E-state index in [1.807, 2.05) is 6.92 Å². The molecule has 0 fully saturated rings. The minimum Gasteiger partial charge on any atom is -0.481 e. The van der Waals surface area contributed by atoms with E-state index in [0.717, 1.165) is 16.0 Å². The predicted octanol–water partition coefficient (Wildman–Crippen LogP) is 3.26. The number of nitrogens with zero attached hydrogens (tertiary/aromatic N) is 2. The van der Waals surface area contributed by atoms with Gasteiger partial charge in [0.15, 0.2) is 0 Å². The number of fused-ring (bicyclic) bond motifs is 1. The zero-order valence-corrected chi connectivity index (χ0v) is 12.4. The Hall–Kier alpha value is -2.15. The summed E-state index contributed by atoms with van der Waals surface area (Å²) in [7, 11) is 0.